The number of nitrogens with zero attached hydrogens (tertiary/aromatic N) is 1. The summed E-state index contributed by atoms with van der Waals surface area (Å²) in [4.78, 5) is 15.8. The molecule has 86 valence electrons. The van der Waals surface area contributed by atoms with Crippen molar-refractivity contribution in [3.8, 4) is 0 Å². The second-order valence-corrected chi connectivity index (χ2v) is 4.81. The first-order valence-electron chi connectivity index (χ1n) is 5.58. The molecule has 1 saturated carbocycles. The molecule has 1 aliphatic carbocycles. The fourth-order valence-electron chi connectivity index (χ4n) is 2.16. The van der Waals surface area contributed by atoms with E-state index in [1.54, 1.807) is 24.5 Å². The van der Waals surface area contributed by atoms with Gasteiger partial charge in [0, 0.05) is 23.8 Å². The standard InChI is InChI=1S/C12H15BrN2O/c13-7-9-3-1-5-11(9)15-12(16)10-4-2-6-14-8-10/h2,4,6,8-9,11H,1,3,5,7H2,(H,15,16). The Labute approximate surface area is 104 Å². The Hall–Kier alpha value is -0.900. The van der Waals surface area contributed by atoms with Gasteiger partial charge in [0.1, 0.15) is 0 Å². The van der Waals surface area contributed by atoms with Crippen molar-refractivity contribution in [1.29, 1.82) is 0 Å². The molecule has 1 amide bonds. The van der Waals surface area contributed by atoms with Crippen LogP contribution in [0.5, 0.6) is 0 Å². The van der Waals surface area contributed by atoms with Crippen LogP contribution in [-0.4, -0.2) is 22.3 Å². The molecule has 0 radical (unpaired) electrons. The molecule has 1 N–H and O–H groups in total. The van der Waals surface area contributed by atoms with Crippen LogP contribution in [0, 0.1) is 5.92 Å². The third-order valence-electron chi connectivity index (χ3n) is 3.10. The number of carbonyl (C=O) groups excluding carboxylic acids is 1. The summed E-state index contributed by atoms with van der Waals surface area (Å²) in [5.41, 5.74) is 0.641. The second-order valence-electron chi connectivity index (χ2n) is 4.17. The van der Waals surface area contributed by atoms with E-state index in [1.807, 2.05) is 0 Å². The minimum Gasteiger partial charge on any atom is -0.349 e. The molecule has 1 aromatic heterocycles. The van der Waals surface area contributed by atoms with Crippen LogP contribution in [0.1, 0.15) is 29.6 Å². The molecule has 0 spiro atoms. The van der Waals surface area contributed by atoms with Crippen LogP contribution >= 0.6 is 15.9 Å². The van der Waals surface area contributed by atoms with Crippen molar-refractivity contribution in [3.05, 3.63) is 30.1 Å². The van der Waals surface area contributed by atoms with Crippen LogP contribution in [0.15, 0.2) is 24.5 Å². The normalized spacial score (nSPS) is 24.3. The molecule has 0 bridgehead atoms. The summed E-state index contributed by atoms with van der Waals surface area (Å²) >= 11 is 3.50. The topological polar surface area (TPSA) is 42.0 Å². The van der Waals surface area contributed by atoms with Gasteiger partial charge in [0.05, 0.1) is 5.56 Å². The highest BCUT2D eigenvalue weighted by molar-refractivity contribution is 9.09. The minimum absolute atomic E-state index is 0.00838. The highest BCUT2D eigenvalue weighted by atomic mass is 79.9. The predicted molar refractivity (Wildman–Crippen MR) is 66.6 cm³/mol. The minimum atomic E-state index is -0.00838. The Morgan fingerprint density at radius 3 is 3.12 bits per heavy atom. The van der Waals surface area contributed by atoms with Gasteiger partial charge in [-0.15, -0.1) is 0 Å². The quantitative estimate of drug-likeness (QED) is 0.865. The molecule has 1 heterocycles. The largest absolute Gasteiger partial charge is 0.349 e. The molecule has 2 rings (SSSR count). The monoisotopic (exact) mass is 282 g/mol. The Morgan fingerprint density at radius 2 is 2.44 bits per heavy atom. The number of alkyl halides is 1. The zero-order valence-electron chi connectivity index (χ0n) is 9.03. The van der Waals surface area contributed by atoms with Crippen LogP contribution in [0.4, 0.5) is 0 Å². The lowest BCUT2D eigenvalue weighted by Crippen LogP contribution is -2.37. The van der Waals surface area contributed by atoms with Crippen molar-refractivity contribution in [2.45, 2.75) is 25.3 Å². The predicted octanol–water partition coefficient (Wildman–Crippen LogP) is 2.38. The number of hydrogen-bond acceptors (Lipinski definition) is 2. The first-order valence-corrected chi connectivity index (χ1v) is 6.70. The number of nitrogens with one attached hydrogen (secondary N) is 1. The lowest BCUT2D eigenvalue weighted by molar-refractivity contribution is 0.0930. The Balaban J connectivity index is 1.97. The third-order valence-corrected chi connectivity index (χ3v) is 3.93. The number of hydrogen-bond donors (Lipinski definition) is 1. The van der Waals surface area contributed by atoms with Crippen molar-refractivity contribution in [3.63, 3.8) is 0 Å². The number of carbonyl (C=O) groups is 1. The van der Waals surface area contributed by atoms with Gasteiger partial charge in [-0.2, -0.15) is 0 Å². The molecule has 1 fully saturated rings. The highest BCUT2D eigenvalue weighted by Gasteiger charge is 2.27. The van der Waals surface area contributed by atoms with Gasteiger partial charge in [-0.3, -0.25) is 9.78 Å². The Morgan fingerprint density at radius 1 is 1.56 bits per heavy atom. The summed E-state index contributed by atoms with van der Waals surface area (Å²) in [6.07, 6.45) is 6.76. The van der Waals surface area contributed by atoms with Crippen molar-refractivity contribution < 1.29 is 4.79 Å². The number of amides is 1. The zero-order chi connectivity index (χ0) is 11.4. The van der Waals surface area contributed by atoms with Crippen molar-refractivity contribution >= 4 is 21.8 Å². The molecule has 1 aliphatic rings. The van der Waals surface area contributed by atoms with Crippen molar-refractivity contribution in [2.75, 3.05) is 5.33 Å². The lowest BCUT2D eigenvalue weighted by Gasteiger charge is -2.18. The first kappa shape index (κ1) is 11.6. The van der Waals surface area contributed by atoms with Gasteiger partial charge in [-0.25, -0.2) is 0 Å². The van der Waals surface area contributed by atoms with Crippen molar-refractivity contribution in [2.24, 2.45) is 5.92 Å². The van der Waals surface area contributed by atoms with E-state index in [4.69, 9.17) is 0 Å². The average Bonchev–Trinajstić information content (AvgIpc) is 2.77. The van der Waals surface area contributed by atoms with Crippen molar-refractivity contribution in [1.82, 2.24) is 10.3 Å². The van der Waals surface area contributed by atoms with E-state index < -0.39 is 0 Å². The van der Waals surface area contributed by atoms with Crippen LogP contribution in [-0.2, 0) is 0 Å². The van der Waals surface area contributed by atoms with E-state index in [0.29, 0.717) is 17.5 Å². The zero-order valence-corrected chi connectivity index (χ0v) is 10.6. The van der Waals surface area contributed by atoms with E-state index in [9.17, 15) is 4.79 Å². The Kier molecular flexibility index (Phi) is 3.93. The van der Waals surface area contributed by atoms with E-state index in [0.717, 1.165) is 11.8 Å². The summed E-state index contributed by atoms with van der Waals surface area (Å²) in [6.45, 7) is 0. The second kappa shape index (κ2) is 5.43. The van der Waals surface area contributed by atoms with Gasteiger partial charge in [0.2, 0.25) is 0 Å². The number of halogens is 1. The van der Waals surface area contributed by atoms with E-state index in [-0.39, 0.29) is 5.91 Å². The van der Waals surface area contributed by atoms with E-state index in [1.165, 1.54) is 12.8 Å². The maximum atomic E-state index is 11.9. The van der Waals surface area contributed by atoms with Gasteiger partial charge < -0.3 is 5.32 Å². The summed E-state index contributed by atoms with van der Waals surface area (Å²) in [5, 5.41) is 4.05. The number of rotatable bonds is 3. The van der Waals surface area contributed by atoms with Gasteiger partial charge in [-0.05, 0) is 30.9 Å². The summed E-state index contributed by atoms with van der Waals surface area (Å²) in [7, 11) is 0. The van der Waals surface area contributed by atoms with Crippen LogP contribution in [0.3, 0.4) is 0 Å². The summed E-state index contributed by atoms with van der Waals surface area (Å²) in [5.74, 6) is 0.562. The molecule has 0 saturated heterocycles. The summed E-state index contributed by atoms with van der Waals surface area (Å²) in [6, 6.07) is 3.89. The first-order chi connectivity index (χ1) is 7.81. The fourth-order valence-corrected chi connectivity index (χ4v) is 2.94. The maximum Gasteiger partial charge on any atom is 0.253 e. The van der Waals surface area contributed by atoms with Crippen LogP contribution < -0.4 is 5.32 Å². The molecule has 0 aliphatic heterocycles. The van der Waals surface area contributed by atoms with E-state index >= 15 is 0 Å². The molecule has 0 aromatic carbocycles. The van der Waals surface area contributed by atoms with Gasteiger partial charge in [0.25, 0.3) is 5.91 Å². The number of aromatic nitrogens is 1. The van der Waals surface area contributed by atoms with Gasteiger partial charge in [-0.1, -0.05) is 22.4 Å². The van der Waals surface area contributed by atoms with Gasteiger partial charge in [0.15, 0.2) is 0 Å². The molecule has 2 unspecified atom stereocenters. The molecular weight excluding hydrogens is 268 g/mol. The van der Waals surface area contributed by atoms with Gasteiger partial charge >= 0.3 is 0 Å². The Bertz CT molecular complexity index is 355. The lowest BCUT2D eigenvalue weighted by atomic mass is 10.1. The SMILES string of the molecule is O=C(NC1CCCC1CBr)c1cccnc1. The molecule has 2 atom stereocenters. The van der Waals surface area contributed by atoms with E-state index in [2.05, 4.69) is 26.2 Å². The molecule has 16 heavy (non-hydrogen) atoms. The average molecular weight is 283 g/mol. The van der Waals surface area contributed by atoms with Crippen LogP contribution in [0.2, 0.25) is 0 Å². The number of pyridine rings is 1. The molecule has 4 heteroatoms. The molecular formula is C12H15BrN2O. The third kappa shape index (κ3) is 2.61. The summed E-state index contributed by atoms with van der Waals surface area (Å²) < 4.78 is 0. The smallest absolute Gasteiger partial charge is 0.253 e. The molecule has 1 aromatic rings. The maximum absolute atomic E-state index is 11.9. The highest BCUT2D eigenvalue weighted by Crippen LogP contribution is 2.27. The molecule has 3 nitrogen and oxygen atoms in total. The van der Waals surface area contributed by atoms with Crippen LogP contribution in [0.25, 0.3) is 0 Å². The fraction of sp³-hybridized carbons (Fsp3) is 0.500.